The topological polar surface area (TPSA) is 49.8 Å². The molecule has 106 valence electrons. The van der Waals surface area contributed by atoms with Crippen LogP contribution in [0.15, 0.2) is 30.3 Å². The summed E-state index contributed by atoms with van der Waals surface area (Å²) in [5.74, 6) is 1.46. The summed E-state index contributed by atoms with van der Waals surface area (Å²) in [4.78, 5) is 8.82. The van der Waals surface area contributed by atoms with Crippen molar-refractivity contribution >= 4 is 23.4 Å². The standard InChI is InChI=1S/C15H19ClN4/c1-3-8-17-14-9-11(2)19-15(20-14)18-10-12-6-4-5-7-13(12)16/h4-7,9H,3,8,10H2,1-2H3,(H2,17,18,19,20). The molecule has 0 radical (unpaired) electrons. The Kier molecular flexibility index (Phi) is 5.18. The van der Waals surface area contributed by atoms with E-state index in [9.17, 15) is 0 Å². The highest BCUT2D eigenvalue weighted by atomic mass is 35.5. The third kappa shape index (κ3) is 4.10. The largest absolute Gasteiger partial charge is 0.370 e. The number of anilines is 2. The fourth-order valence-electron chi connectivity index (χ4n) is 1.81. The molecule has 0 spiro atoms. The fraction of sp³-hybridized carbons (Fsp3) is 0.333. The van der Waals surface area contributed by atoms with E-state index in [0.29, 0.717) is 12.5 Å². The van der Waals surface area contributed by atoms with Crippen molar-refractivity contribution < 1.29 is 0 Å². The van der Waals surface area contributed by atoms with E-state index in [0.717, 1.165) is 35.1 Å². The van der Waals surface area contributed by atoms with Crippen molar-refractivity contribution in [2.75, 3.05) is 17.2 Å². The van der Waals surface area contributed by atoms with Crippen molar-refractivity contribution in [2.45, 2.75) is 26.8 Å². The van der Waals surface area contributed by atoms with Gasteiger partial charge in [-0.2, -0.15) is 4.98 Å². The minimum atomic E-state index is 0.607. The molecule has 0 aliphatic carbocycles. The van der Waals surface area contributed by atoms with Gasteiger partial charge < -0.3 is 10.6 Å². The van der Waals surface area contributed by atoms with Crippen LogP contribution in [0.1, 0.15) is 24.6 Å². The highest BCUT2D eigenvalue weighted by molar-refractivity contribution is 6.31. The van der Waals surface area contributed by atoms with Crippen LogP contribution in [0, 0.1) is 6.92 Å². The number of hydrogen-bond acceptors (Lipinski definition) is 4. The number of hydrogen-bond donors (Lipinski definition) is 2. The van der Waals surface area contributed by atoms with Crippen LogP contribution in [0.2, 0.25) is 5.02 Å². The van der Waals surface area contributed by atoms with Gasteiger partial charge in [0.2, 0.25) is 5.95 Å². The monoisotopic (exact) mass is 290 g/mol. The maximum absolute atomic E-state index is 6.13. The Labute approximate surface area is 124 Å². The van der Waals surface area contributed by atoms with Gasteiger partial charge in [-0.1, -0.05) is 36.7 Å². The quantitative estimate of drug-likeness (QED) is 0.848. The van der Waals surface area contributed by atoms with Gasteiger partial charge in [0.15, 0.2) is 0 Å². The van der Waals surface area contributed by atoms with E-state index in [1.54, 1.807) is 0 Å². The second-order valence-electron chi connectivity index (χ2n) is 4.59. The number of rotatable bonds is 6. The molecule has 1 aromatic heterocycles. The summed E-state index contributed by atoms with van der Waals surface area (Å²) in [6.45, 7) is 5.59. The van der Waals surface area contributed by atoms with E-state index in [1.165, 1.54) is 0 Å². The smallest absolute Gasteiger partial charge is 0.225 e. The number of nitrogens with zero attached hydrogens (tertiary/aromatic N) is 2. The second-order valence-corrected chi connectivity index (χ2v) is 5.00. The summed E-state index contributed by atoms with van der Waals surface area (Å²) in [6.07, 6.45) is 1.06. The van der Waals surface area contributed by atoms with Crippen molar-refractivity contribution in [1.82, 2.24) is 9.97 Å². The molecule has 2 rings (SSSR count). The Balaban J connectivity index is 2.05. The zero-order valence-electron chi connectivity index (χ0n) is 11.8. The maximum Gasteiger partial charge on any atom is 0.225 e. The molecule has 20 heavy (non-hydrogen) atoms. The summed E-state index contributed by atoms with van der Waals surface area (Å²) in [6, 6.07) is 9.69. The first-order chi connectivity index (χ1) is 9.69. The predicted octanol–water partition coefficient (Wildman–Crippen LogP) is 3.87. The minimum Gasteiger partial charge on any atom is -0.370 e. The Morgan fingerprint density at radius 1 is 1.15 bits per heavy atom. The van der Waals surface area contributed by atoms with Gasteiger partial charge in [-0.25, -0.2) is 4.98 Å². The number of aryl methyl sites for hydroxylation is 1. The van der Waals surface area contributed by atoms with Crippen LogP contribution in [0.5, 0.6) is 0 Å². The molecule has 0 bridgehead atoms. The highest BCUT2D eigenvalue weighted by Crippen LogP contribution is 2.16. The summed E-state index contributed by atoms with van der Waals surface area (Å²) < 4.78 is 0. The van der Waals surface area contributed by atoms with Crippen molar-refractivity contribution in [3.63, 3.8) is 0 Å². The van der Waals surface area contributed by atoms with Gasteiger partial charge >= 0.3 is 0 Å². The average Bonchev–Trinajstić information content (AvgIpc) is 2.44. The fourth-order valence-corrected chi connectivity index (χ4v) is 2.01. The first-order valence-corrected chi connectivity index (χ1v) is 7.13. The lowest BCUT2D eigenvalue weighted by Crippen LogP contribution is -2.08. The van der Waals surface area contributed by atoms with Gasteiger partial charge in [0.25, 0.3) is 0 Å². The molecule has 0 amide bonds. The lowest BCUT2D eigenvalue weighted by atomic mass is 10.2. The van der Waals surface area contributed by atoms with Gasteiger partial charge in [0.1, 0.15) is 5.82 Å². The number of aromatic nitrogens is 2. The first kappa shape index (κ1) is 14.6. The van der Waals surface area contributed by atoms with E-state index < -0.39 is 0 Å². The Hall–Kier alpha value is -1.81. The molecule has 0 aliphatic rings. The van der Waals surface area contributed by atoms with Gasteiger partial charge in [0.05, 0.1) is 0 Å². The summed E-state index contributed by atoms with van der Waals surface area (Å²) in [5.41, 5.74) is 1.96. The van der Waals surface area contributed by atoms with Crippen LogP contribution in [0.25, 0.3) is 0 Å². The van der Waals surface area contributed by atoms with E-state index in [4.69, 9.17) is 11.6 Å². The van der Waals surface area contributed by atoms with Crippen LogP contribution in [0.4, 0.5) is 11.8 Å². The zero-order valence-corrected chi connectivity index (χ0v) is 12.5. The first-order valence-electron chi connectivity index (χ1n) is 6.76. The SMILES string of the molecule is CCCNc1cc(C)nc(NCc2ccccc2Cl)n1. The Morgan fingerprint density at radius 2 is 1.95 bits per heavy atom. The molecular formula is C15H19ClN4. The lowest BCUT2D eigenvalue weighted by molar-refractivity contribution is 0.956. The average molecular weight is 291 g/mol. The summed E-state index contributed by atoms with van der Waals surface area (Å²) in [5, 5.41) is 7.23. The number of benzene rings is 1. The Bertz CT molecular complexity index is 572. The molecule has 0 saturated carbocycles. The number of nitrogens with one attached hydrogen (secondary N) is 2. The van der Waals surface area contributed by atoms with E-state index >= 15 is 0 Å². The zero-order chi connectivity index (χ0) is 14.4. The molecule has 0 unspecified atom stereocenters. The third-order valence-electron chi connectivity index (χ3n) is 2.81. The van der Waals surface area contributed by atoms with Gasteiger partial charge in [-0.05, 0) is 25.0 Å². The minimum absolute atomic E-state index is 0.607. The van der Waals surface area contributed by atoms with E-state index in [2.05, 4.69) is 27.5 Å². The molecule has 0 aliphatic heterocycles. The molecule has 1 heterocycles. The van der Waals surface area contributed by atoms with E-state index in [-0.39, 0.29) is 0 Å². The van der Waals surface area contributed by atoms with Crippen LogP contribution in [0.3, 0.4) is 0 Å². The second kappa shape index (κ2) is 7.10. The van der Waals surface area contributed by atoms with Crippen LogP contribution in [-0.4, -0.2) is 16.5 Å². The van der Waals surface area contributed by atoms with Crippen molar-refractivity contribution in [3.05, 3.63) is 46.6 Å². The molecule has 0 atom stereocenters. The maximum atomic E-state index is 6.13. The van der Waals surface area contributed by atoms with Crippen molar-refractivity contribution in [3.8, 4) is 0 Å². The third-order valence-corrected chi connectivity index (χ3v) is 3.17. The van der Waals surface area contributed by atoms with Crippen molar-refractivity contribution in [1.29, 1.82) is 0 Å². The molecule has 5 heteroatoms. The predicted molar refractivity (Wildman–Crippen MR) is 84.3 cm³/mol. The molecule has 4 nitrogen and oxygen atoms in total. The van der Waals surface area contributed by atoms with Crippen LogP contribution in [-0.2, 0) is 6.54 Å². The molecule has 0 fully saturated rings. The lowest BCUT2D eigenvalue weighted by Gasteiger charge is -2.10. The Morgan fingerprint density at radius 3 is 2.70 bits per heavy atom. The normalized spacial score (nSPS) is 10.3. The molecule has 2 N–H and O–H groups in total. The molecule has 2 aromatic rings. The van der Waals surface area contributed by atoms with Crippen LogP contribution >= 0.6 is 11.6 Å². The van der Waals surface area contributed by atoms with Crippen molar-refractivity contribution in [2.24, 2.45) is 0 Å². The van der Waals surface area contributed by atoms with E-state index in [1.807, 2.05) is 37.3 Å². The molecular weight excluding hydrogens is 272 g/mol. The van der Waals surface area contributed by atoms with Gasteiger partial charge in [-0.15, -0.1) is 0 Å². The number of halogens is 1. The molecule has 0 saturated heterocycles. The molecule has 1 aromatic carbocycles. The van der Waals surface area contributed by atoms with Gasteiger partial charge in [-0.3, -0.25) is 0 Å². The van der Waals surface area contributed by atoms with Gasteiger partial charge in [0, 0.05) is 29.9 Å². The summed E-state index contributed by atoms with van der Waals surface area (Å²) in [7, 11) is 0. The highest BCUT2D eigenvalue weighted by Gasteiger charge is 2.03. The van der Waals surface area contributed by atoms with Crippen LogP contribution < -0.4 is 10.6 Å². The summed E-state index contributed by atoms with van der Waals surface area (Å²) >= 11 is 6.13.